The number of carboxylic acid groups (broad SMARTS) is 1. The number of aliphatic carboxylic acids is 1. The first kappa shape index (κ1) is 11.5. The minimum absolute atomic E-state index is 0. The quantitative estimate of drug-likeness (QED) is 0.528. The van der Waals surface area contributed by atoms with Crippen molar-refractivity contribution in [2.24, 2.45) is 15.4 Å². The van der Waals surface area contributed by atoms with Gasteiger partial charge in [-0.05, 0) is 5.22 Å². The van der Waals surface area contributed by atoms with Crippen LogP contribution in [0, 0.1) is 22.7 Å². The minimum Gasteiger partial charge on any atom is -0.546 e. The Morgan fingerprint density at radius 3 is 2.46 bits per heavy atom. The summed E-state index contributed by atoms with van der Waals surface area (Å²) in [6.07, 6.45) is 0. The van der Waals surface area contributed by atoms with Gasteiger partial charge in [0.1, 0.15) is 12.1 Å². The third-order valence-corrected chi connectivity index (χ3v) is 1.25. The normalized spacial score (nSPS) is 23.7. The summed E-state index contributed by atoms with van der Waals surface area (Å²) in [7, 11) is 0. The van der Waals surface area contributed by atoms with Crippen LogP contribution in [0.25, 0.3) is 0 Å². The SMILES string of the molecule is N#CC1=NN=NC1(C#N)C(=O)[O-].[Ag+]. The van der Waals surface area contributed by atoms with Crippen LogP contribution in [-0.4, -0.2) is 17.2 Å². The molecule has 0 N–H and O–H groups in total. The summed E-state index contributed by atoms with van der Waals surface area (Å²) >= 11 is 0. The van der Waals surface area contributed by atoms with Crippen LogP contribution in [0.1, 0.15) is 0 Å². The Labute approximate surface area is 87.9 Å². The fraction of sp³-hybridized carbons (Fsp3) is 0.200. The predicted molar refractivity (Wildman–Crippen MR) is 31.3 cm³/mol. The van der Waals surface area contributed by atoms with Crippen molar-refractivity contribution < 1.29 is 32.3 Å². The molecule has 13 heavy (non-hydrogen) atoms. The molecule has 0 spiro atoms. The van der Waals surface area contributed by atoms with Gasteiger partial charge in [0.05, 0.1) is 5.97 Å². The second-order valence-corrected chi connectivity index (χ2v) is 1.86. The van der Waals surface area contributed by atoms with Gasteiger partial charge < -0.3 is 9.90 Å². The molecule has 0 amide bonds. The van der Waals surface area contributed by atoms with E-state index in [9.17, 15) is 9.90 Å². The first-order valence-electron chi connectivity index (χ1n) is 2.70. The first-order chi connectivity index (χ1) is 5.67. The molecule has 1 unspecified atom stereocenters. The maximum atomic E-state index is 10.4. The van der Waals surface area contributed by atoms with Gasteiger partial charge in [-0.25, -0.2) is 0 Å². The standard InChI is InChI=1S/C5HN5O2.Ag/c6-1-3-5(2-7,4(11)12)9-10-8-3;/h(H,11,12);/q;+1/p-1. The molecule has 0 bridgehead atoms. The van der Waals surface area contributed by atoms with Gasteiger partial charge in [-0.15, -0.1) is 10.2 Å². The summed E-state index contributed by atoms with van der Waals surface area (Å²) in [4.78, 5) is 10.4. The van der Waals surface area contributed by atoms with Crippen molar-refractivity contribution in [3.05, 3.63) is 0 Å². The molecule has 0 aromatic carbocycles. The second kappa shape index (κ2) is 3.92. The molecule has 0 saturated heterocycles. The van der Waals surface area contributed by atoms with Gasteiger partial charge in [0.2, 0.25) is 0 Å². The summed E-state index contributed by atoms with van der Waals surface area (Å²) in [5.41, 5.74) is -2.92. The molecule has 1 rings (SSSR count). The second-order valence-electron chi connectivity index (χ2n) is 1.86. The smallest absolute Gasteiger partial charge is 0.546 e. The number of nitriles is 2. The number of hydrogen-bond acceptors (Lipinski definition) is 7. The molecule has 0 aliphatic carbocycles. The zero-order valence-electron chi connectivity index (χ0n) is 5.85. The summed E-state index contributed by atoms with van der Waals surface area (Å²) in [6.45, 7) is 0. The Balaban J connectivity index is 0.00000144. The third-order valence-electron chi connectivity index (χ3n) is 1.25. The van der Waals surface area contributed by atoms with E-state index in [-0.39, 0.29) is 22.4 Å². The molecule has 0 aromatic heterocycles. The molecule has 1 heterocycles. The van der Waals surface area contributed by atoms with Gasteiger partial charge in [-0.1, -0.05) is 0 Å². The molecular weight excluding hydrogens is 270 g/mol. The van der Waals surface area contributed by atoms with Gasteiger partial charge >= 0.3 is 22.4 Å². The molecule has 8 heteroatoms. The van der Waals surface area contributed by atoms with Crippen LogP contribution in [0.15, 0.2) is 15.4 Å². The van der Waals surface area contributed by atoms with Gasteiger partial charge in [0.15, 0.2) is 5.71 Å². The van der Waals surface area contributed by atoms with Crippen molar-refractivity contribution in [1.82, 2.24) is 0 Å². The van der Waals surface area contributed by atoms with Crippen molar-refractivity contribution in [1.29, 1.82) is 10.5 Å². The molecule has 1 aliphatic heterocycles. The van der Waals surface area contributed by atoms with E-state index in [0.717, 1.165) is 0 Å². The van der Waals surface area contributed by atoms with Gasteiger partial charge in [-0.2, -0.15) is 10.5 Å². The number of nitrogens with zero attached hydrogens (tertiary/aromatic N) is 5. The van der Waals surface area contributed by atoms with Crippen molar-refractivity contribution in [3.63, 3.8) is 0 Å². The van der Waals surface area contributed by atoms with Gasteiger partial charge in [-0.3, -0.25) is 0 Å². The van der Waals surface area contributed by atoms with E-state index < -0.39 is 17.2 Å². The molecule has 1 aliphatic rings. The number of carbonyl (C=O) groups is 1. The Morgan fingerprint density at radius 2 is 2.15 bits per heavy atom. The first-order valence-corrected chi connectivity index (χ1v) is 2.70. The summed E-state index contributed by atoms with van der Waals surface area (Å²) in [6, 6.07) is 2.71. The van der Waals surface area contributed by atoms with Crippen LogP contribution in [0.5, 0.6) is 0 Å². The van der Waals surface area contributed by atoms with E-state index in [1.165, 1.54) is 12.1 Å². The molecule has 1 atom stereocenters. The maximum absolute atomic E-state index is 10.4. The Hall–Kier alpha value is -1.54. The van der Waals surface area contributed by atoms with E-state index in [0.29, 0.717) is 0 Å². The zero-order valence-corrected chi connectivity index (χ0v) is 7.34. The molecule has 0 radical (unpaired) electrons. The van der Waals surface area contributed by atoms with Crippen molar-refractivity contribution >= 4 is 11.7 Å². The van der Waals surface area contributed by atoms with E-state index in [4.69, 9.17) is 10.5 Å². The molecule has 0 fully saturated rings. The Bertz CT molecular complexity index is 375. The summed E-state index contributed by atoms with van der Waals surface area (Å²) in [5.74, 6) is -1.80. The largest absolute Gasteiger partial charge is 1.00 e. The third kappa shape index (κ3) is 1.48. The molecule has 7 nitrogen and oxygen atoms in total. The Kier molecular flexibility index (Phi) is 3.45. The van der Waals surface area contributed by atoms with Crippen LogP contribution in [-0.2, 0) is 27.2 Å². The van der Waals surface area contributed by atoms with Crippen LogP contribution in [0.4, 0.5) is 0 Å². The monoisotopic (exact) mass is 269 g/mol. The van der Waals surface area contributed by atoms with Crippen LogP contribution < -0.4 is 5.11 Å². The van der Waals surface area contributed by atoms with Gasteiger partial charge in [0, 0.05) is 0 Å². The zero-order chi connectivity index (χ0) is 9.19. The predicted octanol–water partition coefficient (Wildman–Crippen LogP) is -1.66. The van der Waals surface area contributed by atoms with Crippen molar-refractivity contribution in [3.8, 4) is 12.1 Å². The van der Waals surface area contributed by atoms with Crippen LogP contribution in [0.3, 0.4) is 0 Å². The topological polar surface area (TPSA) is 125 Å². The molecule has 0 saturated carbocycles. The summed E-state index contributed by atoms with van der Waals surface area (Å²) in [5, 5.41) is 36.2. The molecular formula is C5AgN5O2. The fourth-order valence-corrected chi connectivity index (χ4v) is 0.616. The Morgan fingerprint density at radius 1 is 1.54 bits per heavy atom. The number of carboxylic acids is 1. The number of carbonyl (C=O) groups excluding carboxylic acids is 1. The molecule has 0 aromatic rings. The van der Waals surface area contributed by atoms with E-state index >= 15 is 0 Å². The molecule has 68 valence electrons. The van der Waals surface area contributed by atoms with Crippen LogP contribution >= 0.6 is 0 Å². The van der Waals surface area contributed by atoms with E-state index in [1.807, 2.05) is 0 Å². The summed E-state index contributed by atoms with van der Waals surface area (Å²) < 4.78 is 0. The van der Waals surface area contributed by atoms with E-state index in [2.05, 4.69) is 15.4 Å². The maximum Gasteiger partial charge on any atom is 1.00 e. The van der Waals surface area contributed by atoms with Crippen molar-refractivity contribution in [2.75, 3.05) is 0 Å². The minimum atomic E-state index is -2.34. The fourth-order valence-electron chi connectivity index (χ4n) is 0.616. The van der Waals surface area contributed by atoms with Crippen molar-refractivity contribution in [2.45, 2.75) is 5.54 Å². The van der Waals surface area contributed by atoms with Crippen LogP contribution in [0.2, 0.25) is 0 Å². The average Bonchev–Trinajstić information content (AvgIpc) is 2.47. The van der Waals surface area contributed by atoms with Gasteiger partial charge in [0.25, 0.3) is 5.54 Å². The average molecular weight is 270 g/mol. The van der Waals surface area contributed by atoms with E-state index in [1.54, 1.807) is 0 Å². The number of rotatable bonds is 1. The number of hydrogen-bond donors (Lipinski definition) is 0.